The van der Waals surface area contributed by atoms with Crippen molar-refractivity contribution in [3.05, 3.63) is 29.8 Å². The van der Waals surface area contributed by atoms with E-state index in [2.05, 4.69) is 27.7 Å². The highest BCUT2D eigenvalue weighted by Gasteiger charge is 2.43. The van der Waals surface area contributed by atoms with Crippen molar-refractivity contribution < 1.29 is 14.4 Å². The van der Waals surface area contributed by atoms with E-state index in [1.165, 1.54) is 17.7 Å². The largest absolute Gasteiger partial charge is 0.311 e. The number of carbonyl (C=O) groups excluding carboxylic acids is 3. The quantitative estimate of drug-likeness (QED) is 0.313. The zero-order valence-electron chi connectivity index (χ0n) is 19.6. The molecule has 0 N–H and O–H groups in total. The lowest BCUT2D eigenvalue weighted by Gasteiger charge is -2.40. The van der Waals surface area contributed by atoms with E-state index < -0.39 is 5.41 Å². The van der Waals surface area contributed by atoms with Gasteiger partial charge < -0.3 is 4.79 Å². The Bertz CT molecular complexity index is 788. The summed E-state index contributed by atoms with van der Waals surface area (Å²) in [6.07, 6.45) is 4.90. The van der Waals surface area contributed by atoms with E-state index in [9.17, 15) is 14.4 Å². The number of benzene rings is 1. The van der Waals surface area contributed by atoms with Crippen LogP contribution in [0.25, 0.3) is 0 Å². The average Bonchev–Trinajstić information content (AvgIpc) is 2.95. The number of hydrogen-bond donors (Lipinski definition) is 0. The van der Waals surface area contributed by atoms with Gasteiger partial charge in [0.15, 0.2) is 7.85 Å². The van der Waals surface area contributed by atoms with Crippen molar-refractivity contribution in [3.8, 4) is 0 Å². The van der Waals surface area contributed by atoms with Crippen molar-refractivity contribution in [2.75, 3.05) is 4.90 Å². The first-order valence-corrected chi connectivity index (χ1v) is 12.0. The third-order valence-electron chi connectivity index (χ3n) is 7.01. The Hall–Kier alpha value is -1.56. The molecule has 0 radical (unpaired) electrons. The Labute approximate surface area is 187 Å². The highest BCUT2D eigenvalue weighted by atomic mass is 32.2. The van der Waals surface area contributed by atoms with Crippen LogP contribution < -0.4 is 4.90 Å². The van der Waals surface area contributed by atoms with Gasteiger partial charge >= 0.3 is 0 Å². The van der Waals surface area contributed by atoms with Crippen molar-refractivity contribution in [2.24, 2.45) is 5.41 Å². The smallest absolute Gasteiger partial charge is 0.247 e. The molecule has 0 aromatic heterocycles. The van der Waals surface area contributed by atoms with Crippen LogP contribution in [0.1, 0.15) is 79.2 Å². The monoisotopic (exact) mass is 429 g/mol. The average molecular weight is 429 g/mol. The molecule has 1 aliphatic rings. The van der Waals surface area contributed by atoms with Gasteiger partial charge in [0, 0.05) is 22.5 Å². The summed E-state index contributed by atoms with van der Waals surface area (Å²) < 4.78 is 0. The number of imide groups is 1. The molecule has 30 heavy (non-hydrogen) atoms. The van der Waals surface area contributed by atoms with Gasteiger partial charge in [0.1, 0.15) is 0 Å². The van der Waals surface area contributed by atoms with Crippen molar-refractivity contribution in [2.45, 2.75) is 89.6 Å². The Kier molecular flexibility index (Phi) is 8.00. The SMILES string of the molecule is BC(=O)C(C)(C)C(C)(C)c1ccc(N2C(=O)CC(SC(C)CCCCC)C2=O)cc1. The third kappa shape index (κ3) is 5.01. The molecule has 2 unspecified atom stereocenters. The summed E-state index contributed by atoms with van der Waals surface area (Å²) in [5.41, 5.74) is 0.869. The normalized spacial score (nSPS) is 18.7. The van der Waals surface area contributed by atoms with Crippen LogP contribution in [0.15, 0.2) is 24.3 Å². The van der Waals surface area contributed by atoms with Crippen molar-refractivity contribution in [3.63, 3.8) is 0 Å². The van der Waals surface area contributed by atoms with Crippen LogP contribution in [0.5, 0.6) is 0 Å². The number of anilines is 1. The van der Waals surface area contributed by atoms with Crippen molar-refractivity contribution >= 4 is 42.8 Å². The lowest BCUT2D eigenvalue weighted by Crippen LogP contribution is -2.43. The molecule has 1 heterocycles. The van der Waals surface area contributed by atoms with Gasteiger partial charge in [-0.05, 0) is 24.1 Å². The number of amides is 2. The molecule has 1 fully saturated rings. The molecule has 1 aromatic carbocycles. The number of nitrogens with zero attached hydrogens (tertiary/aromatic N) is 1. The Morgan fingerprint density at radius 1 is 1.17 bits per heavy atom. The van der Waals surface area contributed by atoms with Gasteiger partial charge in [0.05, 0.1) is 16.6 Å². The summed E-state index contributed by atoms with van der Waals surface area (Å²) in [6, 6.07) is 7.55. The summed E-state index contributed by atoms with van der Waals surface area (Å²) in [4.78, 5) is 39.1. The molecule has 2 rings (SSSR count). The summed E-state index contributed by atoms with van der Waals surface area (Å²) in [6.45, 7) is 12.4. The summed E-state index contributed by atoms with van der Waals surface area (Å²) >= 11 is 1.63. The summed E-state index contributed by atoms with van der Waals surface area (Å²) in [5, 5.41) is 0.0807. The zero-order valence-corrected chi connectivity index (χ0v) is 20.4. The van der Waals surface area contributed by atoms with Gasteiger partial charge in [-0.2, -0.15) is 0 Å². The maximum absolute atomic E-state index is 13.0. The number of hydrogen-bond acceptors (Lipinski definition) is 4. The van der Waals surface area contributed by atoms with Gasteiger partial charge in [0.25, 0.3) is 0 Å². The maximum Gasteiger partial charge on any atom is 0.247 e. The molecule has 6 heteroatoms. The van der Waals surface area contributed by atoms with Crippen LogP contribution in [-0.2, 0) is 19.8 Å². The predicted octanol–water partition coefficient (Wildman–Crippen LogP) is 4.48. The number of rotatable bonds is 10. The summed E-state index contributed by atoms with van der Waals surface area (Å²) in [5.74, 6) is -0.238. The fraction of sp³-hybridized carbons (Fsp3) is 0.625. The molecule has 0 spiro atoms. The molecule has 0 saturated carbocycles. The molecule has 164 valence electrons. The number of thioether (sulfide) groups is 1. The molecule has 0 aliphatic carbocycles. The standard InChI is InChI=1S/C24H36BNO3S/c1-7-8-9-10-16(2)30-19-15-20(27)26(21(19)28)18-13-11-17(12-14-18)23(3,4)24(5,6)22(25)29/h11-14,16,19H,7-10,15,25H2,1-6H3. The van der Waals surface area contributed by atoms with Gasteiger partial charge in [-0.1, -0.05) is 72.9 Å². The van der Waals surface area contributed by atoms with E-state index >= 15 is 0 Å². The molecular weight excluding hydrogens is 393 g/mol. The predicted molar refractivity (Wildman–Crippen MR) is 129 cm³/mol. The first-order valence-electron chi connectivity index (χ1n) is 11.1. The van der Waals surface area contributed by atoms with Gasteiger partial charge in [-0.25, -0.2) is 4.90 Å². The molecule has 2 atom stereocenters. The second kappa shape index (κ2) is 9.72. The second-order valence-electron chi connectivity index (χ2n) is 9.56. The number of carbonyl (C=O) groups is 3. The van der Waals surface area contributed by atoms with E-state index in [0.717, 1.165) is 18.4 Å². The third-order valence-corrected chi connectivity index (χ3v) is 8.40. The van der Waals surface area contributed by atoms with Gasteiger partial charge in [-0.3, -0.25) is 9.59 Å². The van der Waals surface area contributed by atoms with E-state index in [1.54, 1.807) is 19.6 Å². The Morgan fingerprint density at radius 3 is 2.30 bits per heavy atom. The van der Waals surface area contributed by atoms with E-state index in [-0.39, 0.29) is 34.6 Å². The van der Waals surface area contributed by atoms with Crippen LogP contribution in [0.3, 0.4) is 0 Å². The minimum absolute atomic E-state index is 0.108. The van der Waals surface area contributed by atoms with E-state index in [0.29, 0.717) is 10.9 Å². The van der Waals surface area contributed by atoms with Crippen molar-refractivity contribution in [1.29, 1.82) is 0 Å². The molecule has 2 amide bonds. The van der Waals surface area contributed by atoms with E-state index in [1.807, 2.05) is 38.1 Å². The second-order valence-corrected chi connectivity index (χ2v) is 11.2. The van der Waals surface area contributed by atoms with Crippen LogP contribution in [0.2, 0.25) is 0 Å². The Morgan fingerprint density at radius 2 is 1.77 bits per heavy atom. The van der Waals surface area contributed by atoms with E-state index in [4.69, 9.17) is 0 Å². The van der Waals surface area contributed by atoms with Crippen LogP contribution in [0, 0.1) is 5.41 Å². The topological polar surface area (TPSA) is 54.5 Å². The minimum Gasteiger partial charge on any atom is -0.311 e. The Balaban J connectivity index is 2.14. The van der Waals surface area contributed by atoms with Crippen LogP contribution in [0.4, 0.5) is 5.69 Å². The maximum atomic E-state index is 13.0. The highest BCUT2D eigenvalue weighted by molar-refractivity contribution is 8.01. The lowest BCUT2D eigenvalue weighted by atomic mass is 9.58. The fourth-order valence-corrected chi connectivity index (χ4v) is 5.16. The lowest BCUT2D eigenvalue weighted by molar-refractivity contribution is -0.122. The van der Waals surface area contributed by atoms with Gasteiger partial charge in [-0.15, -0.1) is 11.8 Å². The molecule has 0 bridgehead atoms. The van der Waals surface area contributed by atoms with Crippen LogP contribution >= 0.6 is 11.8 Å². The molecule has 1 saturated heterocycles. The number of unbranched alkanes of at least 4 members (excludes halogenated alkanes) is 2. The first kappa shape index (κ1) is 24.7. The fourth-order valence-electron chi connectivity index (χ4n) is 3.84. The zero-order chi connectivity index (χ0) is 22.7. The minimum atomic E-state index is -0.524. The molecule has 1 aromatic rings. The van der Waals surface area contributed by atoms with Gasteiger partial charge in [0.2, 0.25) is 11.8 Å². The highest BCUT2D eigenvalue weighted by Crippen LogP contribution is 2.42. The van der Waals surface area contributed by atoms with Crippen LogP contribution in [-0.4, -0.2) is 35.8 Å². The molecular formula is C24H36BNO3S. The molecule has 1 aliphatic heterocycles. The summed E-state index contributed by atoms with van der Waals surface area (Å²) in [7, 11) is 1.62. The van der Waals surface area contributed by atoms with Crippen molar-refractivity contribution in [1.82, 2.24) is 0 Å². The molecule has 4 nitrogen and oxygen atoms in total. The first-order chi connectivity index (χ1) is 13.9.